The summed E-state index contributed by atoms with van der Waals surface area (Å²) in [5.41, 5.74) is 0. The van der Waals surface area contributed by atoms with Crippen LogP contribution in [0.5, 0.6) is 0 Å². The number of ether oxygens (including phenoxy) is 1. The largest absolute Gasteiger partial charge is 0.466 e. The van der Waals surface area contributed by atoms with E-state index in [-0.39, 0.29) is 18.5 Å². The number of hydrogen-bond donors (Lipinski definition) is 3. The van der Waals surface area contributed by atoms with Crippen LogP contribution in [0.1, 0.15) is 386 Å². The van der Waals surface area contributed by atoms with Gasteiger partial charge in [-0.1, -0.05) is 332 Å². The van der Waals surface area contributed by atoms with Crippen molar-refractivity contribution in [1.82, 2.24) is 5.32 Å². The van der Waals surface area contributed by atoms with Crippen LogP contribution in [0.3, 0.4) is 0 Å². The Balaban J connectivity index is 3.35. The molecule has 0 aromatic carbocycles. The molecule has 0 rings (SSSR count). The van der Waals surface area contributed by atoms with Gasteiger partial charge in [0.1, 0.15) is 0 Å². The number of amides is 1. The SMILES string of the molecule is CCCCCCCCC/C=C\CCCCCCCC(=O)OCCCCCCCCCCCCCCC/C=C\C/C=C\CCCCCCCCCCCCCCCCCCCC(=O)NC(CO)C(O)/C=C/CCCCCCCCCC. The van der Waals surface area contributed by atoms with Crippen LogP contribution in [0.25, 0.3) is 0 Å². The molecule has 0 fully saturated rings. The molecule has 0 spiro atoms. The molecule has 0 aromatic heterocycles. The van der Waals surface area contributed by atoms with Gasteiger partial charge in [0.05, 0.1) is 25.4 Å². The average molecular weight is 1120 g/mol. The van der Waals surface area contributed by atoms with E-state index in [4.69, 9.17) is 4.74 Å². The van der Waals surface area contributed by atoms with Gasteiger partial charge in [0.2, 0.25) is 5.91 Å². The molecule has 2 atom stereocenters. The smallest absolute Gasteiger partial charge is 0.305 e. The first-order valence-electron chi connectivity index (χ1n) is 35.9. The lowest BCUT2D eigenvalue weighted by Gasteiger charge is -2.20. The molecule has 6 heteroatoms. The third kappa shape index (κ3) is 65.0. The quantitative estimate of drug-likeness (QED) is 0.0320. The van der Waals surface area contributed by atoms with Gasteiger partial charge in [-0.2, -0.15) is 0 Å². The molecule has 0 bridgehead atoms. The molecule has 6 nitrogen and oxygen atoms in total. The van der Waals surface area contributed by atoms with Gasteiger partial charge in [-0.15, -0.1) is 0 Å². The predicted molar refractivity (Wildman–Crippen MR) is 352 cm³/mol. The highest BCUT2D eigenvalue weighted by atomic mass is 16.5. The molecule has 470 valence electrons. The molecule has 0 radical (unpaired) electrons. The third-order valence-electron chi connectivity index (χ3n) is 16.6. The Morgan fingerprint density at radius 3 is 0.963 bits per heavy atom. The highest BCUT2D eigenvalue weighted by Crippen LogP contribution is 2.18. The van der Waals surface area contributed by atoms with Gasteiger partial charge in [-0.3, -0.25) is 9.59 Å². The molecule has 0 aromatic rings. The standard InChI is InChI=1S/C74H139NO5/c1-3-5-7-9-11-13-15-16-17-42-45-48-52-56-60-64-68-74(79)80-69-65-61-57-53-49-46-43-40-38-36-34-32-30-28-26-24-22-20-18-19-21-23-25-27-29-31-33-35-37-39-41-44-47-51-55-59-63-67-73(78)75-71(70-76)72(77)66-62-58-54-50-14-12-10-8-6-4-2/h17-18,20,24,26,42,62,66,71-72,76-77H,3-16,19,21-23,25,27-41,43-61,63-65,67-70H2,1-2H3,(H,75,78)/b20-18-,26-24-,42-17-,66-62+. The van der Waals surface area contributed by atoms with E-state index in [2.05, 4.69) is 55.6 Å². The molecule has 0 aliphatic carbocycles. The Bertz CT molecular complexity index is 1340. The summed E-state index contributed by atoms with van der Waals surface area (Å²) in [5.74, 6) is -0.0550. The highest BCUT2D eigenvalue weighted by Gasteiger charge is 2.18. The highest BCUT2D eigenvalue weighted by molar-refractivity contribution is 5.76. The van der Waals surface area contributed by atoms with Gasteiger partial charge in [0.15, 0.2) is 0 Å². The van der Waals surface area contributed by atoms with Crippen LogP contribution in [0.2, 0.25) is 0 Å². The fourth-order valence-corrected chi connectivity index (χ4v) is 11.1. The Morgan fingerprint density at radius 2 is 0.625 bits per heavy atom. The fourth-order valence-electron chi connectivity index (χ4n) is 11.1. The maximum atomic E-state index is 12.4. The number of esters is 1. The number of aliphatic hydroxyl groups is 2. The topological polar surface area (TPSA) is 95.9 Å². The molecule has 1 amide bonds. The van der Waals surface area contributed by atoms with Crippen LogP contribution in [0, 0.1) is 0 Å². The van der Waals surface area contributed by atoms with E-state index in [1.807, 2.05) is 6.08 Å². The van der Waals surface area contributed by atoms with E-state index in [0.717, 1.165) is 51.4 Å². The predicted octanol–water partition coefficient (Wildman–Crippen LogP) is 23.3. The molecular formula is C74H139NO5. The number of rotatable bonds is 67. The minimum absolute atomic E-state index is 0.0112. The van der Waals surface area contributed by atoms with Crippen LogP contribution in [0.15, 0.2) is 48.6 Å². The van der Waals surface area contributed by atoms with Gasteiger partial charge in [0, 0.05) is 12.8 Å². The summed E-state index contributed by atoms with van der Waals surface area (Å²) in [7, 11) is 0. The van der Waals surface area contributed by atoms with Crippen LogP contribution in [-0.4, -0.2) is 47.4 Å². The molecule has 2 unspecified atom stereocenters. The summed E-state index contributed by atoms with van der Waals surface area (Å²) in [6.45, 7) is 4.90. The Kier molecular flexibility index (Phi) is 67.4. The lowest BCUT2D eigenvalue weighted by molar-refractivity contribution is -0.143. The molecule has 0 saturated carbocycles. The van der Waals surface area contributed by atoms with Crippen LogP contribution < -0.4 is 5.32 Å². The maximum Gasteiger partial charge on any atom is 0.305 e. The first kappa shape index (κ1) is 77.8. The number of carbonyl (C=O) groups is 2. The van der Waals surface area contributed by atoms with Crippen LogP contribution in [0.4, 0.5) is 0 Å². The first-order valence-corrected chi connectivity index (χ1v) is 35.9. The zero-order chi connectivity index (χ0) is 57.8. The van der Waals surface area contributed by atoms with Gasteiger partial charge in [-0.05, 0) is 89.9 Å². The van der Waals surface area contributed by atoms with E-state index in [0.29, 0.717) is 19.4 Å². The average Bonchev–Trinajstić information content (AvgIpc) is 3.46. The summed E-state index contributed by atoms with van der Waals surface area (Å²) in [6.07, 6.45) is 90.8. The van der Waals surface area contributed by atoms with Gasteiger partial charge >= 0.3 is 5.97 Å². The number of hydrogen-bond acceptors (Lipinski definition) is 5. The number of aliphatic hydroxyl groups excluding tert-OH is 2. The van der Waals surface area contributed by atoms with Gasteiger partial charge in [-0.25, -0.2) is 0 Å². The molecule has 0 aliphatic heterocycles. The summed E-state index contributed by atoms with van der Waals surface area (Å²) in [5, 5.41) is 23.0. The van der Waals surface area contributed by atoms with E-state index in [1.54, 1.807) is 6.08 Å². The van der Waals surface area contributed by atoms with Crippen LogP contribution in [-0.2, 0) is 14.3 Å². The lowest BCUT2D eigenvalue weighted by atomic mass is 10.0. The van der Waals surface area contributed by atoms with Crippen molar-refractivity contribution in [3.8, 4) is 0 Å². The van der Waals surface area contributed by atoms with Crippen molar-refractivity contribution in [3.63, 3.8) is 0 Å². The van der Waals surface area contributed by atoms with Crippen molar-refractivity contribution in [2.75, 3.05) is 13.2 Å². The van der Waals surface area contributed by atoms with Crippen molar-refractivity contribution in [3.05, 3.63) is 48.6 Å². The third-order valence-corrected chi connectivity index (χ3v) is 16.6. The molecular weight excluding hydrogens is 983 g/mol. The maximum absolute atomic E-state index is 12.4. The summed E-state index contributed by atoms with van der Waals surface area (Å²) < 4.78 is 5.50. The Morgan fingerprint density at radius 1 is 0.350 bits per heavy atom. The number of nitrogens with one attached hydrogen (secondary N) is 1. The van der Waals surface area contributed by atoms with Crippen LogP contribution >= 0.6 is 0 Å². The molecule has 0 saturated heterocycles. The second-order valence-corrected chi connectivity index (χ2v) is 24.6. The second-order valence-electron chi connectivity index (χ2n) is 24.6. The molecule has 80 heavy (non-hydrogen) atoms. The van der Waals surface area contributed by atoms with Crippen molar-refractivity contribution in [1.29, 1.82) is 0 Å². The first-order chi connectivity index (χ1) is 39.5. The number of carbonyl (C=O) groups excluding carboxylic acids is 2. The summed E-state index contributed by atoms with van der Waals surface area (Å²) in [4.78, 5) is 24.5. The fraction of sp³-hybridized carbons (Fsp3) is 0.865. The lowest BCUT2D eigenvalue weighted by Crippen LogP contribution is -2.45. The van der Waals surface area contributed by atoms with Crippen molar-refractivity contribution >= 4 is 11.9 Å². The number of unbranched alkanes of at least 4 members (excludes halogenated alkanes) is 50. The second kappa shape index (κ2) is 69.3. The summed E-state index contributed by atoms with van der Waals surface area (Å²) >= 11 is 0. The number of allylic oxidation sites excluding steroid dienone is 7. The molecule has 0 aliphatic rings. The Hall–Kier alpha value is -2.18. The van der Waals surface area contributed by atoms with Crippen molar-refractivity contribution in [2.24, 2.45) is 0 Å². The van der Waals surface area contributed by atoms with Crippen molar-refractivity contribution in [2.45, 2.75) is 398 Å². The van der Waals surface area contributed by atoms with Gasteiger partial charge in [0.25, 0.3) is 0 Å². The molecule has 0 heterocycles. The zero-order valence-electron chi connectivity index (χ0n) is 53.8. The minimum atomic E-state index is -0.841. The van der Waals surface area contributed by atoms with E-state index < -0.39 is 12.1 Å². The van der Waals surface area contributed by atoms with E-state index >= 15 is 0 Å². The monoisotopic (exact) mass is 1120 g/mol. The van der Waals surface area contributed by atoms with E-state index in [1.165, 1.54) is 308 Å². The summed E-state index contributed by atoms with van der Waals surface area (Å²) in [6, 6.07) is -0.624. The zero-order valence-corrected chi connectivity index (χ0v) is 53.8. The minimum Gasteiger partial charge on any atom is -0.466 e. The van der Waals surface area contributed by atoms with Gasteiger partial charge < -0.3 is 20.3 Å². The van der Waals surface area contributed by atoms with E-state index in [9.17, 15) is 19.8 Å². The molecule has 3 N–H and O–H groups in total. The van der Waals surface area contributed by atoms with Crippen molar-refractivity contribution < 1.29 is 24.5 Å². The Labute approximate surface area is 499 Å². The normalized spacial score (nSPS) is 12.8.